The van der Waals surface area contributed by atoms with Gasteiger partial charge in [0.2, 0.25) is 0 Å². The van der Waals surface area contributed by atoms with Crippen LogP contribution in [0.3, 0.4) is 0 Å². The summed E-state index contributed by atoms with van der Waals surface area (Å²) in [6.07, 6.45) is 0.317. The zero-order chi connectivity index (χ0) is 16.3. The zero-order valence-corrected chi connectivity index (χ0v) is 15.7. The Balaban J connectivity index is 0.00000264. The van der Waals surface area contributed by atoms with E-state index >= 15 is 0 Å². The van der Waals surface area contributed by atoms with Crippen molar-refractivity contribution in [1.29, 1.82) is 0 Å². The first kappa shape index (κ1) is 20.0. The Morgan fingerprint density at radius 2 is 1.70 bits per heavy atom. The largest absolute Gasteiger partial charge is 0.544 e. The number of halogens is 2. The average molecular weight is 541 g/mol. The third-order valence-electron chi connectivity index (χ3n) is 2.96. The van der Waals surface area contributed by atoms with E-state index in [1.807, 2.05) is 45.2 Å². The molecule has 7 heteroatoms. The summed E-state index contributed by atoms with van der Waals surface area (Å²) in [5.74, 6) is 0.348. The number of carboxylic acids is 1. The molecule has 0 radical (unpaired) electrons. The Labute approximate surface area is 162 Å². The van der Waals surface area contributed by atoms with Crippen LogP contribution >= 0.6 is 45.2 Å². The number of carboxylic acid groups (broad SMARTS) is 1. The molecule has 0 saturated carbocycles. The molecule has 0 saturated heterocycles. The third kappa shape index (κ3) is 5.50. The van der Waals surface area contributed by atoms with E-state index < -0.39 is 12.0 Å². The summed E-state index contributed by atoms with van der Waals surface area (Å²) in [5.41, 5.74) is 4.39. The molecule has 0 aliphatic heterocycles. The number of quaternary nitrogens is 1. The first-order chi connectivity index (χ1) is 10.4. The highest BCUT2D eigenvalue weighted by molar-refractivity contribution is 14.1. The fourth-order valence-corrected chi connectivity index (χ4v) is 3.51. The number of phenols is 1. The van der Waals surface area contributed by atoms with Gasteiger partial charge in [0.15, 0.2) is 0 Å². The first-order valence-electron chi connectivity index (χ1n) is 6.35. The SMILES string of the molecule is C.[NH3+]C(Cc1ccc(Oc2cc(I)c(O)c(I)c2)cc1)C(=O)[O-]. The molecule has 5 nitrogen and oxygen atoms in total. The van der Waals surface area contributed by atoms with Crippen LogP contribution in [0.2, 0.25) is 0 Å². The van der Waals surface area contributed by atoms with Crippen LogP contribution < -0.4 is 15.6 Å². The molecule has 2 rings (SSSR count). The minimum absolute atomic E-state index is 0. The second-order valence-electron chi connectivity index (χ2n) is 4.70. The molecule has 124 valence electrons. The van der Waals surface area contributed by atoms with Crippen molar-refractivity contribution in [3.8, 4) is 17.2 Å². The van der Waals surface area contributed by atoms with E-state index in [0.29, 0.717) is 25.1 Å². The molecule has 0 amide bonds. The van der Waals surface area contributed by atoms with E-state index in [-0.39, 0.29) is 13.2 Å². The van der Waals surface area contributed by atoms with Gasteiger partial charge >= 0.3 is 0 Å². The van der Waals surface area contributed by atoms with Crippen molar-refractivity contribution in [3.05, 3.63) is 49.1 Å². The summed E-state index contributed by atoms with van der Waals surface area (Å²) < 4.78 is 7.16. The van der Waals surface area contributed by atoms with Crippen molar-refractivity contribution in [3.63, 3.8) is 0 Å². The molecule has 0 bridgehead atoms. The smallest absolute Gasteiger partial charge is 0.142 e. The Morgan fingerprint density at radius 1 is 1.17 bits per heavy atom. The van der Waals surface area contributed by atoms with Crippen molar-refractivity contribution in [1.82, 2.24) is 0 Å². The van der Waals surface area contributed by atoms with Gasteiger partial charge in [-0.2, -0.15) is 0 Å². The molecule has 2 aromatic carbocycles. The monoisotopic (exact) mass is 541 g/mol. The van der Waals surface area contributed by atoms with Crippen molar-refractivity contribution in [2.24, 2.45) is 0 Å². The Morgan fingerprint density at radius 3 is 2.17 bits per heavy atom. The molecule has 1 atom stereocenters. The summed E-state index contributed by atoms with van der Waals surface area (Å²) in [4.78, 5) is 10.7. The third-order valence-corrected chi connectivity index (χ3v) is 4.61. The van der Waals surface area contributed by atoms with Gasteiger partial charge in [-0.25, -0.2) is 0 Å². The van der Waals surface area contributed by atoms with Gasteiger partial charge in [0.25, 0.3) is 0 Å². The summed E-state index contributed by atoms with van der Waals surface area (Å²) in [6, 6.07) is 9.85. The van der Waals surface area contributed by atoms with E-state index in [0.717, 1.165) is 5.56 Å². The molecule has 23 heavy (non-hydrogen) atoms. The van der Waals surface area contributed by atoms with E-state index in [1.54, 1.807) is 36.4 Å². The van der Waals surface area contributed by atoms with Gasteiger partial charge in [0, 0.05) is 6.42 Å². The highest BCUT2D eigenvalue weighted by atomic mass is 127. The van der Waals surface area contributed by atoms with E-state index in [2.05, 4.69) is 5.73 Å². The minimum atomic E-state index is -1.16. The number of ether oxygens (including phenoxy) is 1. The Kier molecular flexibility index (Phi) is 7.55. The van der Waals surface area contributed by atoms with Crippen molar-refractivity contribution < 1.29 is 25.5 Å². The van der Waals surface area contributed by atoms with Crippen LogP contribution in [0.4, 0.5) is 0 Å². The summed E-state index contributed by atoms with van der Waals surface area (Å²) in [7, 11) is 0. The van der Waals surface area contributed by atoms with Crippen LogP contribution in [-0.4, -0.2) is 17.1 Å². The number of hydrogen-bond acceptors (Lipinski definition) is 4. The summed E-state index contributed by atoms with van der Waals surface area (Å²) in [5, 5.41) is 20.4. The van der Waals surface area contributed by atoms with Gasteiger partial charge in [-0.1, -0.05) is 19.6 Å². The number of aliphatic carboxylic acids is 1. The lowest BCUT2D eigenvalue weighted by molar-refractivity contribution is -0.437. The molecule has 2 aromatic rings. The van der Waals surface area contributed by atoms with Crippen LogP contribution in [0.25, 0.3) is 0 Å². The Hall–Kier alpha value is -1.07. The predicted octanol–water partition coefficient (Wildman–Crippen LogP) is 1.93. The second-order valence-corrected chi connectivity index (χ2v) is 7.03. The molecule has 1 unspecified atom stereocenters. The molecule has 0 heterocycles. The maximum absolute atomic E-state index is 10.7. The molecule has 0 aromatic heterocycles. The summed E-state index contributed by atoms with van der Waals surface area (Å²) >= 11 is 4.08. The quantitative estimate of drug-likeness (QED) is 0.566. The van der Waals surface area contributed by atoms with Gasteiger partial charge < -0.3 is 25.5 Å². The predicted molar refractivity (Wildman–Crippen MR) is 102 cm³/mol. The van der Waals surface area contributed by atoms with Crippen molar-refractivity contribution in [2.75, 3.05) is 0 Å². The fourth-order valence-electron chi connectivity index (χ4n) is 1.80. The van der Waals surface area contributed by atoms with Gasteiger partial charge in [-0.05, 0) is 75.0 Å². The van der Waals surface area contributed by atoms with E-state index in [4.69, 9.17) is 4.74 Å². The van der Waals surface area contributed by atoms with Gasteiger partial charge in [0.05, 0.1) is 13.1 Å². The highest BCUT2D eigenvalue weighted by Gasteiger charge is 2.10. The van der Waals surface area contributed by atoms with Crippen molar-refractivity contribution in [2.45, 2.75) is 19.9 Å². The average Bonchev–Trinajstić information content (AvgIpc) is 2.46. The standard InChI is InChI=1S/C15H13I2NO4.CH4/c16-11-6-10(7-12(17)14(11)19)22-9-3-1-8(2-4-9)5-13(18)15(20)21;/h1-4,6-7,13,19H,5,18H2,(H,20,21);1H4. The second kappa shape index (κ2) is 8.69. The van der Waals surface area contributed by atoms with Gasteiger partial charge in [-0.3, -0.25) is 0 Å². The molecule has 0 aliphatic carbocycles. The highest BCUT2D eigenvalue weighted by Crippen LogP contribution is 2.32. The van der Waals surface area contributed by atoms with Crippen LogP contribution in [0.15, 0.2) is 36.4 Å². The molecular formula is C16H17I2NO4. The van der Waals surface area contributed by atoms with Crippen LogP contribution in [0.5, 0.6) is 17.2 Å². The molecule has 0 spiro atoms. The maximum atomic E-state index is 10.7. The first-order valence-corrected chi connectivity index (χ1v) is 8.51. The number of aromatic hydroxyl groups is 1. The number of phenolic OH excluding ortho intramolecular Hbond substituents is 1. The summed E-state index contributed by atoms with van der Waals surface area (Å²) in [6.45, 7) is 0. The zero-order valence-electron chi connectivity index (χ0n) is 11.4. The lowest BCUT2D eigenvalue weighted by atomic mass is 10.1. The lowest BCUT2D eigenvalue weighted by Crippen LogP contribution is -2.69. The molecular weight excluding hydrogens is 524 g/mol. The van der Waals surface area contributed by atoms with E-state index in [1.165, 1.54) is 0 Å². The fraction of sp³-hybridized carbons (Fsp3) is 0.188. The van der Waals surface area contributed by atoms with Crippen LogP contribution in [-0.2, 0) is 11.2 Å². The number of carbonyl (C=O) groups is 1. The maximum Gasteiger partial charge on any atom is 0.142 e. The van der Waals surface area contributed by atoms with Crippen molar-refractivity contribution >= 4 is 51.2 Å². The normalized spacial score (nSPS) is 11.4. The molecule has 0 aliphatic rings. The molecule has 0 fully saturated rings. The van der Waals surface area contributed by atoms with Gasteiger partial charge in [-0.15, -0.1) is 0 Å². The Bertz CT molecular complexity index is 666. The lowest BCUT2D eigenvalue weighted by Gasteiger charge is -2.11. The minimum Gasteiger partial charge on any atom is -0.544 e. The number of carbonyl (C=O) groups excluding carboxylic acids is 1. The van der Waals surface area contributed by atoms with Crippen LogP contribution in [0.1, 0.15) is 13.0 Å². The molecule has 4 N–H and O–H groups in total. The van der Waals surface area contributed by atoms with E-state index in [9.17, 15) is 15.0 Å². The van der Waals surface area contributed by atoms with Crippen LogP contribution in [0, 0.1) is 7.14 Å². The number of benzene rings is 2. The number of hydrogen-bond donors (Lipinski definition) is 2. The number of rotatable bonds is 5. The topological polar surface area (TPSA) is 97.2 Å². The van der Waals surface area contributed by atoms with Gasteiger partial charge in [0.1, 0.15) is 23.3 Å².